The number of benzene rings is 3. The average Bonchev–Trinajstić information content (AvgIpc) is 3.50. The van der Waals surface area contributed by atoms with Gasteiger partial charge in [0.1, 0.15) is 12.6 Å². The van der Waals surface area contributed by atoms with Gasteiger partial charge in [-0.05, 0) is 61.7 Å². The minimum Gasteiger partial charge on any atom is -0.352 e. The second kappa shape index (κ2) is 14.6. The summed E-state index contributed by atoms with van der Waals surface area (Å²) in [6, 6.07) is 13.2. The Balaban J connectivity index is 1.80. The van der Waals surface area contributed by atoms with Crippen LogP contribution in [0.5, 0.6) is 0 Å². The van der Waals surface area contributed by atoms with Crippen LogP contribution in [0, 0.1) is 0 Å². The zero-order valence-electron chi connectivity index (χ0n) is 24.2. The lowest BCUT2D eigenvalue weighted by Gasteiger charge is -2.34. The lowest BCUT2D eigenvalue weighted by atomic mass is 10.1. The Morgan fingerprint density at radius 2 is 1.56 bits per heavy atom. The highest BCUT2D eigenvalue weighted by molar-refractivity contribution is 7.92. The number of alkyl halides is 3. The van der Waals surface area contributed by atoms with E-state index in [1.54, 1.807) is 31.2 Å². The van der Waals surface area contributed by atoms with E-state index < -0.39 is 56.9 Å². The molecule has 45 heavy (non-hydrogen) atoms. The molecule has 0 heterocycles. The number of carbonyl (C=O) groups excluding carboxylic acids is 2. The highest BCUT2D eigenvalue weighted by Crippen LogP contribution is 2.38. The molecule has 0 aliphatic heterocycles. The van der Waals surface area contributed by atoms with E-state index in [9.17, 15) is 31.2 Å². The Kier molecular flexibility index (Phi) is 11.3. The van der Waals surface area contributed by atoms with E-state index in [1.807, 2.05) is 0 Å². The summed E-state index contributed by atoms with van der Waals surface area (Å²) in [5.41, 5.74) is -1.39. The third-order valence-electron chi connectivity index (χ3n) is 7.63. The molecule has 1 N–H and O–H groups in total. The van der Waals surface area contributed by atoms with Gasteiger partial charge in [0.2, 0.25) is 11.8 Å². The van der Waals surface area contributed by atoms with Crippen molar-refractivity contribution in [1.29, 1.82) is 0 Å². The summed E-state index contributed by atoms with van der Waals surface area (Å²) in [4.78, 5) is 28.7. The Labute approximate surface area is 275 Å². The van der Waals surface area contributed by atoms with Crippen LogP contribution in [0.3, 0.4) is 0 Å². The normalized spacial score (nSPS) is 14.6. The second-order valence-corrected chi connectivity index (χ2v) is 13.7. The maximum atomic E-state index is 14.2. The first-order valence-electron chi connectivity index (χ1n) is 14.2. The number of rotatable bonds is 11. The summed E-state index contributed by atoms with van der Waals surface area (Å²) in [6.07, 6.45) is -1.28. The number of halogens is 6. The van der Waals surface area contributed by atoms with Crippen molar-refractivity contribution in [2.75, 3.05) is 10.8 Å². The molecular weight excluding hydrogens is 674 g/mol. The molecule has 3 aromatic rings. The molecule has 1 aliphatic carbocycles. The van der Waals surface area contributed by atoms with Crippen LogP contribution < -0.4 is 9.62 Å². The highest BCUT2D eigenvalue weighted by Gasteiger charge is 2.38. The van der Waals surface area contributed by atoms with E-state index in [0.29, 0.717) is 15.9 Å². The largest absolute Gasteiger partial charge is 0.417 e. The minimum absolute atomic E-state index is 0.0720. The van der Waals surface area contributed by atoms with Crippen LogP contribution in [0.4, 0.5) is 18.9 Å². The molecular formula is C31H31Cl3F3N3O4S. The number of amides is 2. The topological polar surface area (TPSA) is 86.8 Å². The van der Waals surface area contributed by atoms with Crippen LogP contribution in [0.2, 0.25) is 15.1 Å². The van der Waals surface area contributed by atoms with Crippen molar-refractivity contribution in [2.45, 2.75) is 68.7 Å². The first-order valence-corrected chi connectivity index (χ1v) is 16.8. The van der Waals surface area contributed by atoms with Crippen LogP contribution in [0.25, 0.3) is 0 Å². The van der Waals surface area contributed by atoms with Crippen molar-refractivity contribution in [3.05, 3.63) is 92.9 Å². The van der Waals surface area contributed by atoms with Gasteiger partial charge in [-0.2, -0.15) is 13.2 Å². The van der Waals surface area contributed by atoms with Gasteiger partial charge in [-0.25, -0.2) is 8.42 Å². The monoisotopic (exact) mass is 703 g/mol. The summed E-state index contributed by atoms with van der Waals surface area (Å²) < 4.78 is 69.9. The molecule has 0 spiro atoms. The first-order chi connectivity index (χ1) is 21.2. The number of anilines is 1. The number of nitrogens with zero attached hydrogens (tertiary/aromatic N) is 2. The molecule has 0 saturated heterocycles. The fourth-order valence-corrected chi connectivity index (χ4v) is 7.44. The summed E-state index contributed by atoms with van der Waals surface area (Å²) >= 11 is 18.7. The number of sulfonamides is 1. The quantitative estimate of drug-likeness (QED) is 0.222. The van der Waals surface area contributed by atoms with Crippen molar-refractivity contribution in [3.8, 4) is 0 Å². The third kappa shape index (κ3) is 8.24. The second-order valence-electron chi connectivity index (χ2n) is 10.6. The van der Waals surface area contributed by atoms with Gasteiger partial charge < -0.3 is 10.2 Å². The predicted octanol–water partition coefficient (Wildman–Crippen LogP) is 7.73. The van der Waals surface area contributed by atoms with Crippen molar-refractivity contribution in [3.63, 3.8) is 0 Å². The molecule has 0 unspecified atom stereocenters. The SMILES string of the molecule is CC[C@@H](C(=O)NC1CCCC1)N(Cc1c(Cl)cccc1Cl)C(=O)CN(c1ccc(Cl)c(C(F)(F)F)c1)S(=O)(=O)c1ccccc1. The molecule has 7 nitrogen and oxygen atoms in total. The van der Waals surface area contributed by atoms with Crippen molar-refractivity contribution < 1.29 is 31.2 Å². The average molecular weight is 705 g/mol. The van der Waals surface area contributed by atoms with Gasteiger partial charge in [-0.15, -0.1) is 0 Å². The number of carbonyl (C=O) groups is 2. The molecule has 14 heteroatoms. The van der Waals surface area contributed by atoms with E-state index >= 15 is 0 Å². The van der Waals surface area contributed by atoms with Gasteiger partial charge >= 0.3 is 6.18 Å². The van der Waals surface area contributed by atoms with Crippen LogP contribution in [-0.2, 0) is 32.3 Å². The van der Waals surface area contributed by atoms with Crippen LogP contribution in [-0.4, -0.2) is 43.8 Å². The van der Waals surface area contributed by atoms with Crippen molar-refractivity contribution >= 4 is 62.3 Å². The number of hydrogen-bond donors (Lipinski definition) is 1. The van der Waals surface area contributed by atoms with Crippen LogP contribution >= 0.6 is 34.8 Å². The third-order valence-corrected chi connectivity index (χ3v) is 10.5. The Morgan fingerprint density at radius 1 is 0.933 bits per heavy atom. The van der Waals surface area contributed by atoms with Crippen LogP contribution in [0.1, 0.15) is 50.2 Å². The summed E-state index contributed by atoms with van der Waals surface area (Å²) in [6.45, 7) is 0.494. The molecule has 0 radical (unpaired) electrons. The maximum absolute atomic E-state index is 14.2. The standard InChI is InChI=1S/C31H31Cl3F3N3O4S/c1-2-28(30(42)38-20-9-6-7-10-20)39(18-23-25(32)13-8-14-26(23)33)29(41)19-40(45(43,44)22-11-4-3-5-12-22)21-15-16-27(34)24(17-21)31(35,36)37/h3-5,8,11-17,20,28H,2,6-7,9-10,18-19H2,1H3,(H,38,42)/t28-/m0/s1. The Morgan fingerprint density at radius 3 is 2.13 bits per heavy atom. The lowest BCUT2D eigenvalue weighted by molar-refractivity contribution is -0.140. The highest BCUT2D eigenvalue weighted by atomic mass is 35.5. The van der Waals surface area contributed by atoms with E-state index in [1.165, 1.54) is 29.2 Å². The molecule has 2 amide bonds. The fraction of sp³-hybridized carbons (Fsp3) is 0.355. The first kappa shape index (κ1) is 34.9. The van der Waals surface area contributed by atoms with Gasteiger partial charge in [0, 0.05) is 28.2 Å². The van der Waals surface area contributed by atoms with E-state index in [2.05, 4.69) is 5.32 Å². The molecule has 1 aliphatic rings. The van der Waals surface area contributed by atoms with Crippen LogP contribution in [0.15, 0.2) is 71.6 Å². The Hall–Kier alpha value is -2.99. The van der Waals surface area contributed by atoms with Crippen molar-refractivity contribution in [1.82, 2.24) is 10.2 Å². The minimum atomic E-state index is -4.91. The van der Waals surface area contributed by atoms with Gasteiger partial charge in [0.15, 0.2) is 0 Å². The molecule has 242 valence electrons. The predicted molar refractivity (Wildman–Crippen MR) is 169 cm³/mol. The fourth-order valence-electron chi connectivity index (χ4n) is 5.27. The van der Waals surface area contributed by atoms with Gasteiger partial charge in [0.05, 0.1) is 21.2 Å². The molecule has 3 aromatic carbocycles. The maximum Gasteiger partial charge on any atom is 0.417 e. The molecule has 1 atom stereocenters. The molecule has 1 fully saturated rings. The summed E-state index contributed by atoms with van der Waals surface area (Å²) in [5.74, 6) is -1.30. The summed E-state index contributed by atoms with van der Waals surface area (Å²) in [5, 5.41) is 2.77. The van der Waals surface area contributed by atoms with E-state index in [4.69, 9.17) is 34.8 Å². The number of nitrogens with one attached hydrogen (secondary N) is 1. The number of hydrogen-bond acceptors (Lipinski definition) is 4. The Bertz CT molecular complexity index is 1620. The van der Waals surface area contributed by atoms with Crippen molar-refractivity contribution in [2.24, 2.45) is 0 Å². The molecule has 0 aromatic heterocycles. The summed E-state index contributed by atoms with van der Waals surface area (Å²) in [7, 11) is -4.60. The molecule has 0 bridgehead atoms. The zero-order chi connectivity index (χ0) is 32.9. The zero-order valence-corrected chi connectivity index (χ0v) is 27.2. The van der Waals surface area contributed by atoms with Gasteiger partial charge in [0.25, 0.3) is 10.0 Å². The molecule has 1 saturated carbocycles. The van der Waals surface area contributed by atoms with E-state index in [-0.39, 0.29) is 33.9 Å². The lowest BCUT2D eigenvalue weighted by Crippen LogP contribution is -2.53. The van der Waals surface area contributed by atoms with Gasteiger partial charge in [-0.3, -0.25) is 13.9 Å². The smallest absolute Gasteiger partial charge is 0.352 e. The van der Waals surface area contributed by atoms with E-state index in [0.717, 1.165) is 37.8 Å². The van der Waals surface area contributed by atoms with Gasteiger partial charge in [-0.1, -0.05) is 78.8 Å². The molecule has 4 rings (SSSR count).